The normalized spacial score (nSPS) is 19.8. The molecule has 1 aromatic heterocycles. The van der Waals surface area contributed by atoms with Crippen molar-refractivity contribution in [2.45, 2.75) is 45.8 Å². The molecular weight excluding hydrogens is 348 g/mol. The van der Waals surface area contributed by atoms with E-state index < -0.39 is 0 Å². The average Bonchev–Trinajstić information content (AvgIpc) is 2.63. The smallest absolute Gasteiger partial charge is 0.274 e. The summed E-state index contributed by atoms with van der Waals surface area (Å²) < 4.78 is 10.8. The van der Waals surface area contributed by atoms with Crippen LogP contribution in [0, 0.1) is 6.92 Å². The Morgan fingerprint density at radius 1 is 1.22 bits per heavy atom. The number of methoxy groups -OCH3 is 1. The van der Waals surface area contributed by atoms with Crippen molar-refractivity contribution in [2.24, 2.45) is 0 Å². The van der Waals surface area contributed by atoms with Crippen molar-refractivity contribution in [3.05, 3.63) is 23.8 Å². The van der Waals surface area contributed by atoms with Crippen molar-refractivity contribution < 1.29 is 19.1 Å². The van der Waals surface area contributed by atoms with Crippen molar-refractivity contribution >= 4 is 11.8 Å². The van der Waals surface area contributed by atoms with Crippen LogP contribution in [0.3, 0.4) is 0 Å². The predicted octanol–water partition coefficient (Wildman–Crippen LogP) is 1.29. The molecule has 2 amide bonds. The van der Waals surface area contributed by atoms with Gasteiger partial charge in [0.2, 0.25) is 5.91 Å². The number of hydrogen-bond donors (Lipinski definition) is 0. The standard InChI is InChI=1S/C19H30N4O4/c1-14-10-21-17(11-20-14)19(25)22(7-5-9-26-4)8-6-18(24)23-12-15(2)27-16(3)13-23/h10-11,15-16H,5-9,12-13H2,1-4H3. The molecule has 1 saturated heterocycles. The van der Waals surface area contributed by atoms with Gasteiger partial charge in [0.25, 0.3) is 5.91 Å². The molecule has 1 fully saturated rings. The number of hydrogen-bond acceptors (Lipinski definition) is 6. The zero-order chi connectivity index (χ0) is 19.8. The minimum atomic E-state index is -0.213. The van der Waals surface area contributed by atoms with Crippen molar-refractivity contribution in [1.82, 2.24) is 19.8 Å². The Morgan fingerprint density at radius 2 is 1.93 bits per heavy atom. The van der Waals surface area contributed by atoms with Gasteiger partial charge in [-0.2, -0.15) is 0 Å². The number of ether oxygens (including phenoxy) is 2. The summed E-state index contributed by atoms with van der Waals surface area (Å²) in [7, 11) is 1.63. The number of morpholine rings is 1. The van der Waals surface area contributed by atoms with Gasteiger partial charge in [-0.25, -0.2) is 4.98 Å². The van der Waals surface area contributed by atoms with E-state index in [2.05, 4.69) is 9.97 Å². The Morgan fingerprint density at radius 3 is 2.52 bits per heavy atom. The third-order valence-electron chi connectivity index (χ3n) is 4.43. The molecule has 27 heavy (non-hydrogen) atoms. The number of aryl methyl sites for hydroxylation is 1. The van der Waals surface area contributed by atoms with E-state index >= 15 is 0 Å². The molecule has 1 aliphatic rings. The molecule has 1 aliphatic heterocycles. The molecule has 150 valence electrons. The van der Waals surface area contributed by atoms with E-state index in [9.17, 15) is 9.59 Å². The third-order valence-corrected chi connectivity index (χ3v) is 4.43. The fourth-order valence-corrected chi connectivity index (χ4v) is 3.15. The zero-order valence-corrected chi connectivity index (χ0v) is 16.7. The summed E-state index contributed by atoms with van der Waals surface area (Å²) in [4.78, 5) is 37.2. The monoisotopic (exact) mass is 378 g/mol. The van der Waals surface area contributed by atoms with E-state index in [1.807, 2.05) is 25.7 Å². The lowest BCUT2D eigenvalue weighted by atomic mass is 10.2. The van der Waals surface area contributed by atoms with Crippen LogP contribution < -0.4 is 0 Å². The first kappa shape index (κ1) is 21.2. The van der Waals surface area contributed by atoms with Gasteiger partial charge >= 0.3 is 0 Å². The van der Waals surface area contributed by atoms with Crippen LogP contribution in [0.1, 0.15) is 42.9 Å². The molecule has 0 spiro atoms. The number of amides is 2. The van der Waals surface area contributed by atoms with Gasteiger partial charge in [0, 0.05) is 52.5 Å². The van der Waals surface area contributed by atoms with Crippen molar-refractivity contribution in [1.29, 1.82) is 0 Å². The van der Waals surface area contributed by atoms with Crippen LogP contribution in [-0.2, 0) is 14.3 Å². The first-order valence-corrected chi connectivity index (χ1v) is 9.40. The van der Waals surface area contributed by atoms with Crippen molar-refractivity contribution in [2.75, 3.05) is 39.9 Å². The molecule has 0 N–H and O–H groups in total. The van der Waals surface area contributed by atoms with E-state index in [1.165, 1.54) is 6.20 Å². The van der Waals surface area contributed by atoms with Gasteiger partial charge < -0.3 is 19.3 Å². The molecular formula is C19H30N4O4. The minimum Gasteiger partial charge on any atom is -0.385 e. The highest BCUT2D eigenvalue weighted by atomic mass is 16.5. The molecule has 0 radical (unpaired) electrons. The van der Waals surface area contributed by atoms with Gasteiger partial charge in [0.05, 0.1) is 24.1 Å². The number of carbonyl (C=O) groups excluding carboxylic acids is 2. The molecule has 8 heteroatoms. The Bertz CT molecular complexity index is 613. The summed E-state index contributed by atoms with van der Waals surface area (Å²) in [6, 6.07) is 0. The lowest BCUT2D eigenvalue weighted by Crippen LogP contribution is -2.49. The highest BCUT2D eigenvalue weighted by molar-refractivity contribution is 5.92. The van der Waals surface area contributed by atoms with Gasteiger partial charge in [0.15, 0.2) is 0 Å². The highest BCUT2D eigenvalue weighted by Crippen LogP contribution is 2.12. The summed E-state index contributed by atoms with van der Waals surface area (Å²) in [5.74, 6) is -0.174. The second-order valence-corrected chi connectivity index (χ2v) is 6.99. The fourth-order valence-electron chi connectivity index (χ4n) is 3.15. The highest BCUT2D eigenvalue weighted by Gasteiger charge is 2.26. The number of aromatic nitrogens is 2. The molecule has 2 rings (SSSR count). The van der Waals surface area contributed by atoms with Crippen LogP contribution in [-0.4, -0.2) is 83.7 Å². The molecule has 0 aromatic carbocycles. The fraction of sp³-hybridized carbons (Fsp3) is 0.684. The van der Waals surface area contributed by atoms with Gasteiger partial charge in [-0.1, -0.05) is 0 Å². The molecule has 2 heterocycles. The maximum Gasteiger partial charge on any atom is 0.274 e. The topological polar surface area (TPSA) is 84.9 Å². The second kappa shape index (κ2) is 10.3. The first-order chi connectivity index (χ1) is 12.9. The number of nitrogens with zero attached hydrogens (tertiary/aromatic N) is 4. The van der Waals surface area contributed by atoms with E-state index in [1.54, 1.807) is 18.2 Å². The largest absolute Gasteiger partial charge is 0.385 e. The summed E-state index contributed by atoms with van der Waals surface area (Å²) in [6.45, 7) is 8.33. The average molecular weight is 378 g/mol. The van der Waals surface area contributed by atoms with Gasteiger partial charge in [-0.3, -0.25) is 14.6 Å². The van der Waals surface area contributed by atoms with Crippen LogP contribution in [0.25, 0.3) is 0 Å². The van der Waals surface area contributed by atoms with Crippen molar-refractivity contribution in [3.8, 4) is 0 Å². The maximum atomic E-state index is 12.8. The van der Waals surface area contributed by atoms with E-state index in [-0.39, 0.29) is 30.4 Å². The Balaban J connectivity index is 1.97. The Hall–Kier alpha value is -2.06. The molecule has 0 bridgehead atoms. The lowest BCUT2D eigenvalue weighted by Gasteiger charge is -2.35. The van der Waals surface area contributed by atoms with Crippen LogP contribution in [0.4, 0.5) is 0 Å². The quantitative estimate of drug-likeness (QED) is 0.634. The van der Waals surface area contributed by atoms with Crippen LogP contribution >= 0.6 is 0 Å². The lowest BCUT2D eigenvalue weighted by molar-refractivity contribution is -0.143. The molecule has 0 aliphatic carbocycles. The molecule has 2 unspecified atom stereocenters. The van der Waals surface area contributed by atoms with E-state index in [0.717, 1.165) is 5.69 Å². The van der Waals surface area contributed by atoms with Gasteiger partial charge in [-0.15, -0.1) is 0 Å². The van der Waals surface area contributed by atoms with Crippen LogP contribution in [0.2, 0.25) is 0 Å². The van der Waals surface area contributed by atoms with E-state index in [0.29, 0.717) is 44.9 Å². The first-order valence-electron chi connectivity index (χ1n) is 9.40. The Kier molecular flexibility index (Phi) is 8.12. The summed E-state index contributed by atoms with van der Waals surface area (Å²) >= 11 is 0. The molecule has 8 nitrogen and oxygen atoms in total. The Labute approximate surface area is 160 Å². The summed E-state index contributed by atoms with van der Waals surface area (Å²) in [6.07, 6.45) is 4.08. The SMILES string of the molecule is COCCCN(CCC(=O)N1CC(C)OC(C)C1)C(=O)c1cnc(C)cn1. The summed E-state index contributed by atoms with van der Waals surface area (Å²) in [5, 5.41) is 0. The molecule has 0 saturated carbocycles. The number of rotatable bonds is 8. The second-order valence-electron chi connectivity index (χ2n) is 6.99. The summed E-state index contributed by atoms with van der Waals surface area (Å²) in [5.41, 5.74) is 1.04. The minimum absolute atomic E-state index is 0.0278. The van der Waals surface area contributed by atoms with E-state index in [4.69, 9.17) is 9.47 Å². The van der Waals surface area contributed by atoms with Gasteiger partial charge in [0.1, 0.15) is 5.69 Å². The maximum absolute atomic E-state index is 12.8. The molecule has 1 aromatic rings. The third kappa shape index (κ3) is 6.55. The van der Waals surface area contributed by atoms with Gasteiger partial charge in [-0.05, 0) is 27.2 Å². The van der Waals surface area contributed by atoms with Crippen LogP contribution in [0.5, 0.6) is 0 Å². The predicted molar refractivity (Wildman–Crippen MR) is 100 cm³/mol. The van der Waals surface area contributed by atoms with Crippen molar-refractivity contribution in [3.63, 3.8) is 0 Å². The van der Waals surface area contributed by atoms with Crippen LogP contribution in [0.15, 0.2) is 12.4 Å². The zero-order valence-electron chi connectivity index (χ0n) is 16.7. The number of carbonyl (C=O) groups is 2. The molecule has 2 atom stereocenters.